The van der Waals surface area contributed by atoms with Gasteiger partial charge in [0.25, 0.3) is 0 Å². The smallest absolute Gasteiger partial charge is 0.179 e. The fourth-order valence-electron chi connectivity index (χ4n) is 1.68. The Morgan fingerprint density at radius 1 is 1.41 bits per heavy atom. The number of aryl methyl sites for hydroxylation is 2. The molecule has 0 spiro atoms. The number of halogens is 1. The molecular formula is C11H10BrN5. The molecule has 3 aromatic heterocycles. The molecule has 3 rings (SSSR count). The minimum Gasteiger partial charge on any atom is -0.334 e. The lowest BCUT2D eigenvalue weighted by Gasteiger charge is -1.89. The predicted octanol–water partition coefficient (Wildman–Crippen LogP) is 2.43. The standard InChI is InChI=1S/C11H10BrN5/c1-6-5-8(16-17(6)2)10-14-9-7(12)3-4-13-11(9)15-10/h3-5H,1-2H3,(H,13,14,15). The molecule has 5 nitrogen and oxygen atoms in total. The summed E-state index contributed by atoms with van der Waals surface area (Å²) in [6.07, 6.45) is 1.72. The van der Waals surface area contributed by atoms with Crippen LogP contribution in [0.4, 0.5) is 0 Å². The molecule has 0 aliphatic rings. The van der Waals surface area contributed by atoms with Crippen molar-refractivity contribution in [3.8, 4) is 11.5 Å². The van der Waals surface area contributed by atoms with Crippen LogP contribution in [0.25, 0.3) is 22.7 Å². The third-order valence-electron chi connectivity index (χ3n) is 2.70. The number of fused-ring (bicyclic) bond motifs is 1. The molecule has 0 fully saturated rings. The van der Waals surface area contributed by atoms with Crippen LogP contribution in [0.2, 0.25) is 0 Å². The Balaban J connectivity index is 2.21. The Morgan fingerprint density at radius 2 is 2.24 bits per heavy atom. The van der Waals surface area contributed by atoms with E-state index in [1.165, 1.54) is 0 Å². The fraction of sp³-hybridized carbons (Fsp3) is 0.182. The number of rotatable bonds is 1. The first kappa shape index (κ1) is 10.5. The third kappa shape index (κ3) is 1.64. The number of pyridine rings is 1. The minimum atomic E-state index is 0.692. The second-order valence-corrected chi connectivity index (χ2v) is 4.73. The van der Waals surface area contributed by atoms with E-state index in [1.807, 2.05) is 30.8 Å². The molecule has 0 radical (unpaired) electrons. The summed E-state index contributed by atoms with van der Waals surface area (Å²) >= 11 is 3.47. The first-order valence-corrected chi connectivity index (χ1v) is 5.95. The van der Waals surface area contributed by atoms with Crippen LogP contribution >= 0.6 is 15.9 Å². The molecule has 0 unspecified atom stereocenters. The minimum absolute atomic E-state index is 0.692. The molecule has 6 heteroatoms. The van der Waals surface area contributed by atoms with Crippen molar-refractivity contribution in [3.63, 3.8) is 0 Å². The van der Waals surface area contributed by atoms with Crippen molar-refractivity contribution < 1.29 is 0 Å². The van der Waals surface area contributed by atoms with Crippen molar-refractivity contribution in [1.29, 1.82) is 0 Å². The van der Waals surface area contributed by atoms with Gasteiger partial charge in [0.1, 0.15) is 5.69 Å². The van der Waals surface area contributed by atoms with Crippen LogP contribution in [-0.4, -0.2) is 24.7 Å². The molecular weight excluding hydrogens is 282 g/mol. The topological polar surface area (TPSA) is 59.4 Å². The van der Waals surface area contributed by atoms with Crippen molar-refractivity contribution in [2.24, 2.45) is 7.05 Å². The Labute approximate surface area is 106 Å². The Bertz CT molecular complexity index is 678. The van der Waals surface area contributed by atoms with Crippen LogP contribution in [0.3, 0.4) is 0 Å². The Kier molecular flexibility index (Phi) is 2.25. The maximum Gasteiger partial charge on any atom is 0.179 e. The average Bonchev–Trinajstić information content (AvgIpc) is 2.85. The molecule has 0 bridgehead atoms. The lowest BCUT2D eigenvalue weighted by molar-refractivity contribution is 0.741. The zero-order chi connectivity index (χ0) is 12.0. The highest BCUT2D eigenvalue weighted by atomic mass is 79.9. The highest BCUT2D eigenvalue weighted by molar-refractivity contribution is 9.10. The zero-order valence-electron chi connectivity index (χ0n) is 9.40. The molecule has 0 aromatic carbocycles. The molecule has 0 aliphatic carbocycles. The van der Waals surface area contributed by atoms with E-state index in [9.17, 15) is 0 Å². The maximum absolute atomic E-state index is 4.43. The molecule has 3 heterocycles. The lowest BCUT2D eigenvalue weighted by Crippen LogP contribution is -1.92. The van der Waals surface area contributed by atoms with Crippen molar-refractivity contribution in [3.05, 3.63) is 28.5 Å². The summed E-state index contributed by atoms with van der Waals surface area (Å²) in [4.78, 5) is 11.9. The van der Waals surface area contributed by atoms with E-state index in [-0.39, 0.29) is 0 Å². The van der Waals surface area contributed by atoms with E-state index in [4.69, 9.17) is 0 Å². The van der Waals surface area contributed by atoms with Gasteiger partial charge >= 0.3 is 0 Å². The molecule has 3 aromatic rings. The van der Waals surface area contributed by atoms with Crippen LogP contribution in [-0.2, 0) is 7.05 Å². The van der Waals surface area contributed by atoms with Crippen LogP contribution in [0.5, 0.6) is 0 Å². The van der Waals surface area contributed by atoms with Gasteiger partial charge in [-0.15, -0.1) is 0 Å². The van der Waals surface area contributed by atoms with E-state index < -0.39 is 0 Å². The number of aromatic nitrogens is 5. The van der Waals surface area contributed by atoms with Gasteiger partial charge < -0.3 is 4.98 Å². The summed E-state index contributed by atoms with van der Waals surface area (Å²) in [6.45, 7) is 2.01. The number of nitrogens with zero attached hydrogens (tertiary/aromatic N) is 4. The van der Waals surface area contributed by atoms with E-state index in [0.29, 0.717) is 5.65 Å². The van der Waals surface area contributed by atoms with E-state index >= 15 is 0 Å². The molecule has 0 saturated heterocycles. The Morgan fingerprint density at radius 3 is 2.88 bits per heavy atom. The van der Waals surface area contributed by atoms with Crippen molar-refractivity contribution in [2.75, 3.05) is 0 Å². The first-order chi connectivity index (χ1) is 8.15. The predicted molar refractivity (Wildman–Crippen MR) is 68.5 cm³/mol. The number of hydrogen-bond donors (Lipinski definition) is 1. The van der Waals surface area contributed by atoms with Crippen molar-refractivity contribution in [2.45, 2.75) is 6.92 Å². The van der Waals surface area contributed by atoms with Crippen LogP contribution < -0.4 is 0 Å². The van der Waals surface area contributed by atoms with Gasteiger partial charge in [0.15, 0.2) is 11.5 Å². The summed E-state index contributed by atoms with van der Waals surface area (Å²) in [7, 11) is 1.91. The quantitative estimate of drug-likeness (QED) is 0.749. The maximum atomic E-state index is 4.43. The zero-order valence-corrected chi connectivity index (χ0v) is 11.0. The number of H-pyrrole nitrogens is 1. The first-order valence-electron chi connectivity index (χ1n) is 5.16. The SMILES string of the molecule is Cc1cc(-c2nc3nccc(Br)c3[nH]2)nn1C. The molecule has 0 saturated carbocycles. The van der Waals surface area contributed by atoms with Gasteiger partial charge in [0.2, 0.25) is 0 Å². The highest BCUT2D eigenvalue weighted by Crippen LogP contribution is 2.23. The third-order valence-corrected chi connectivity index (χ3v) is 3.36. The lowest BCUT2D eigenvalue weighted by atomic mass is 10.3. The summed E-state index contributed by atoms with van der Waals surface area (Å²) in [5.41, 5.74) is 3.51. The number of imidazole rings is 1. The second-order valence-electron chi connectivity index (χ2n) is 3.87. The van der Waals surface area contributed by atoms with Gasteiger partial charge in [-0.25, -0.2) is 9.97 Å². The van der Waals surface area contributed by atoms with E-state index in [2.05, 4.69) is 36.0 Å². The molecule has 0 aliphatic heterocycles. The van der Waals surface area contributed by atoms with Crippen LogP contribution in [0, 0.1) is 6.92 Å². The van der Waals surface area contributed by atoms with Crippen LogP contribution in [0.1, 0.15) is 5.69 Å². The Hall–Kier alpha value is -1.69. The van der Waals surface area contributed by atoms with Gasteiger partial charge in [0, 0.05) is 23.4 Å². The number of hydrogen-bond acceptors (Lipinski definition) is 3. The van der Waals surface area contributed by atoms with Crippen molar-refractivity contribution >= 4 is 27.1 Å². The normalized spacial score (nSPS) is 11.2. The molecule has 17 heavy (non-hydrogen) atoms. The summed E-state index contributed by atoms with van der Waals surface area (Å²) in [6, 6.07) is 3.87. The molecule has 0 amide bonds. The largest absolute Gasteiger partial charge is 0.334 e. The van der Waals surface area contributed by atoms with Gasteiger partial charge in [0.05, 0.1) is 5.52 Å². The highest BCUT2D eigenvalue weighted by Gasteiger charge is 2.11. The van der Waals surface area contributed by atoms with E-state index in [0.717, 1.165) is 27.2 Å². The van der Waals surface area contributed by atoms with Gasteiger partial charge in [-0.2, -0.15) is 5.10 Å². The van der Waals surface area contributed by atoms with Gasteiger partial charge in [-0.05, 0) is 35.0 Å². The summed E-state index contributed by atoms with van der Waals surface area (Å²) < 4.78 is 2.78. The summed E-state index contributed by atoms with van der Waals surface area (Å²) in [5.74, 6) is 0.739. The molecule has 86 valence electrons. The van der Waals surface area contributed by atoms with Crippen LogP contribution in [0.15, 0.2) is 22.8 Å². The second kappa shape index (κ2) is 3.66. The molecule has 1 N–H and O–H groups in total. The average molecular weight is 292 g/mol. The summed E-state index contributed by atoms with van der Waals surface area (Å²) in [5, 5.41) is 4.39. The number of aromatic amines is 1. The van der Waals surface area contributed by atoms with E-state index in [1.54, 1.807) is 6.20 Å². The van der Waals surface area contributed by atoms with Crippen molar-refractivity contribution in [1.82, 2.24) is 24.7 Å². The molecule has 0 atom stereocenters. The van der Waals surface area contributed by atoms with Gasteiger partial charge in [-0.1, -0.05) is 0 Å². The van der Waals surface area contributed by atoms with Gasteiger partial charge in [-0.3, -0.25) is 4.68 Å². The monoisotopic (exact) mass is 291 g/mol. The fourth-order valence-corrected chi connectivity index (χ4v) is 2.07. The number of nitrogens with one attached hydrogen (secondary N) is 1.